The van der Waals surface area contributed by atoms with Crippen molar-refractivity contribution in [2.24, 2.45) is 29.6 Å². The molecule has 1 aliphatic heterocycles. The lowest BCUT2D eigenvalue weighted by atomic mass is 9.85. The first-order chi connectivity index (χ1) is 13.8. The van der Waals surface area contributed by atoms with Crippen molar-refractivity contribution < 1.29 is 28.3 Å². The Morgan fingerprint density at radius 1 is 1.07 bits per heavy atom. The Hall–Kier alpha value is -2.83. The van der Waals surface area contributed by atoms with Gasteiger partial charge in [0, 0.05) is 5.56 Å². The molecule has 3 aliphatic rings. The van der Waals surface area contributed by atoms with E-state index in [0.29, 0.717) is 0 Å². The standard InChI is InChI=1S/C22H22FNO5/c1-11(2)19(22(28)29-10-16(25)12-5-7-15(23)8-6-12)24-20(26)17-13-3-4-14(9-13)18(17)21(24)27/h3-8,11,13-14,17-19H,9-10H2,1-2H3. The molecule has 7 heteroatoms. The molecule has 5 unspecified atom stereocenters. The number of halogens is 1. The van der Waals surface area contributed by atoms with Crippen LogP contribution in [0.3, 0.4) is 0 Å². The molecule has 0 N–H and O–H groups in total. The van der Waals surface area contributed by atoms with Crippen molar-refractivity contribution >= 4 is 23.6 Å². The molecule has 1 saturated carbocycles. The van der Waals surface area contributed by atoms with E-state index in [1.165, 1.54) is 12.1 Å². The van der Waals surface area contributed by atoms with E-state index < -0.39 is 42.1 Å². The highest BCUT2D eigenvalue weighted by Gasteiger charge is 2.61. The third kappa shape index (κ3) is 3.18. The zero-order valence-electron chi connectivity index (χ0n) is 16.2. The van der Waals surface area contributed by atoms with E-state index in [0.717, 1.165) is 23.5 Å². The maximum atomic E-state index is 13.0. The van der Waals surface area contributed by atoms with Crippen LogP contribution in [0.5, 0.6) is 0 Å². The largest absolute Gasteiger partial charge is 0.456 e. The van der Waals surface area contributed by atoms with Gasteiger partial charge in [0.25, 0.3) is 0 Å². The zero-order chi connectivity index (χ0) is 20.9. The molecular weight excluding hydrogens is 377 g/mol. The number of amides is 2. The zero-order valence-corrected chi connectivity index (χ0v) is 16.2. The lowest BCUT2D eigenvalue weighted by molar-refractivity contribution is -0.160. The van der Waals surface area contributed by atoms with E-state index in [-0.39, 0.29) is 35.1 Å². The van der Waals surface area contributed by atoms with Crippen molar-refractivity contribution in [2.45, 2.75) is 26.3 Å². The number of carbonyl (C=O) groups excluding carboxylic acids is 4. The van der Waals surface area contributed by atoms with Crippen LogP contribution in [0.15, 0.2) is 36.4 Å². The van der Waals surface area contributed by atoms with Crippen LogP contribution in [0.1, 0.15) is 30.6 Å². The second-order valence-corrected chi connectivity index (χ2v) is 8.27. The van der Waals surface area contributed by atoms with Gasteiger partial charge in [0.1, 0.15) is 11.9 Å². The SMILES string of the molecule is CC(C)C(C(=O)OCC(=O)c1ccc(F)cc1)N1C(=O)C2C3C=CC(C3)C2C1=O. The lowest BCUT2D eigenvalue weighted by Gasteiger charge is -2.28. The predicted octanol–water partition coefficient (Wildman–Crippen LogP) is 2.38. The number of esters is 1. The lowest BCUT2D eigenvalue weighted by Crippen LogP contribution is -2.50. The van der Waals surface area contributed by atoms with Gasteiger partial charge in [-0.05, 0) is 48.4 Å². The summed E-state index contributed by atoms with van der Waals surface area (Å²) in [6.07, 6.45) is 4.79. The summed E-state index contributed by atoms with van der Waals surface area (Å²) in [5.41, 5.74) is 0.214. The summed E-state index contributed by atoms with van der Waals surface area (Å²) >= 11 is 0. The molecule has 1 aromatic rings. The molecular formula is C22H22FNO5. The number of carbonyl (C=O) groups is 4. The highest BCUT2D eigenvalue weighted by molar-refractivity contribution is 6.09. The minimum absolute atomic E-state index is 0.0512. The number of hydrogen-bond acceptors (Lipinski definition) is 5. The van der Waals surface area contributed by atoms with Crippen LogP contribution in [0.4, 0.5) is 4.39 Å². The van der Waals surface area contributed by atoms with Gasteiger partial charge < -0.3 is 4.74 Å². The van der Waals surface area contributed by atoms with Gasteiger partial charge >= 0.3 is 5.97 Å². The molecule has 2 bridgehead atoms. The van der Waals surface area contributed by atoms with Crippen molar-refractivity contribution in [3.63, 3.8) is 0 Å². The highest BCUT2D eigenvalue weighted by Crippen LogP contribution is 2.53. The van der Waals surface area contributed by atoms with Crippen molar-refractivity contribution in [1.29, 1.82) is 0 Å². The molecule has 2 aliphatic carbocycles. The first-order valence-electron chi connectivity index (χ1n) is 9.80. The van der Waals surface area contributed by atoms with E-state index in [2.05, 4.69) is 0 Å². The molecule has 1 saturated heterocycles. The van der Waals surface area contributed by atoms with Gasteiger partial charge in [-0.1, -0.05) is 26.0 Å². The molecule has 4 rings (SSSR count). The Kier molecular flexibility index (Phi) is 4.84. The number of likely N-dealkylation sites (tertiary alicyclic amines) is 1. The topological polar surface area (TPSA) is 80.8 Å². The van der Waals surface area contributed by atoms with Crippen LogP contribution in [0.25, 0.3) is 0 Å². The highest BCUT2D eigenvalue weighted by atomic mass is 19.1. The summed E-state index contributed by atoms with van der Waals surface area (Å²) in [6.45, 7) is 2.92. The number of benzene rings is 1. The van der Waals surface area contributed by atoms with Gasteiger partial charge in [-0.2, -0.15) is 0 Å². The quantitative estimate of drug-likeness (QED) is 0.318. The van der Waals surface area contributed by atoms with Crippen LogP contribution >= 0.6 is 0 Å². The van der Waals surface area contributed by atoms with Crippen molar-refractivity contribution in [3.8, 4) is 0 Å². The van der Waals surface area contributed by atoms with Crippen LogP contribution in [0, 0.1) is 35.4 Å². The van der Waals surface area contributed by atoms with Crippen molar-refractivity contribution in [1.82, 2.24) is 4.90 Å². The summed E-state index contributed by atoms with van der Waals surface area (Å²) in [6, 6.07) is 3.84. The molecule has 29 heavy (non-hydrogen) atoms. The van der Waals surface area contributed by atoms with E-state index >= 15 is 0 Å². The molecule has 152 valence electrons. The molecule has 0 aromatic heterocycles. The Morgan fingerprint density at radius 2 is 1.62 bits per heavy atom. The molecule has 0 radical (unpaired) electrons. The monoisotopic (exact) mass is 399 g/mol. The van der Waals surface area contributed by atoms with Gasteiger partial charge in [-0.3, -0.25) is 19.3 Å². The van der Waals surface area contributed by atoms with Gasteiger partial charge in [-0.15, -0.1) is 0 Å². The third-order valence-corrected chi connectivity index (χ3v) is 6.17. The second-order valence-electron chi connectivity index (χ2n) is 8.27. The first-order valence-corrected chi connectivity index (χ1v) is 9.80. The van der Waals surface area contributed by atoms with Gasteiger partial charge in [-0.25, -0.2) is 9.18 Å². The number of Topliss-reactive ketones (excluding diaryl/α,β-unsaturated/α-hetero) is 1. The summed E-state index contributed by atoms with van der Waals surface area (Å²) in [7, 11) is 0. The number of ketones is 1. The maximum Gasteiger partial charge on any atom is 0.330 e. The number of imide groups is 1. The number of rotatable bonds is 6. The normalized spacial score (nSPS) is 28.2. The first kappa shape index (κ1) is 19.5. The minimum atomic E-state index is -1.07. The molecule has 6 nitrogen and oxygen atoms in total. The molecule has 0 spiro atoms. The van der Waals surface area contributed by atoms with E-state index in [4.69, 9.17) is 4.74 Å². The number of hydrogen-bond donors (Lipinski definition) is 0. The number of fused-ring (bicyclic) bond motifs is 5. The Bertz CT molecular complexity index is 876. The second kappa shape index (κ2) is 7.21. The fraction of sp³-hybridized carbons (Fsp3) is 0.455. The molecule has 1 aromatic carbocycles. The van der Waals surface area contributed by atoms with E-state index in [1.807, 2.05) is 12.2 Å². The Morgan fingerprint density at radius 3 is 2.14 bits per heavy atom. The smallest absolute Gasteiger partial charge is 0.330 e. The third-order valence-electron chi connectivity index (χ3n) is 6.17. The number of nitrogens with zero attached hydrogens (tertiary/aromatic N) is 1. The molecule has 5 atom stereocenters. The van der Waals surface area contributed by atoms with Crippen molar-refractivity contribution in [2.75, 3.05) is 6.61 Å². The van der Waals surface area contributed by atoms with Crippen LogP contribution in [-0.4, -0.2) is 41.1 Å². The van der Waals surface area contributed by atoms with E-state index in [9.17, 15) is 23.6 Å². The van der Waals surface area contributed by atoms with E-state index in [1.54, 1.807) is 13.8 Å². The maximum absolute atomic E-state index is 13.0. The number of ether oxygens (including phenoxy) is 1. The predicted molar refractivity (Wildman–Crippen MR) is 99.9 cm³/mol. The average molecular weight is 399 g/mol. The van der Waals surface area contributed by atoms with Crippen LogP contribution in [0.2, 0.25) is 0 Å². The van der Waals surface area contributed by atoms with Gasteiger partial charge in [0.2, 0.25) is 11.8 Å². The van der Waals surface area contributed by atoms with Gasteiger partial charge in [0.05, 0.1) is 11.8 Å². The molecule has 2 fully saturated rings. The molecule has 2 amide bonds. The fourth-order valence-corrected chi connectivity index (χ4v) is 4.82. The average Bonchev–Trinajstić information content (AvgIpc) is 3.36. The van der Waals surface area contributed by atoms with Crippen molar-refractivity contribution in [3.05, 3.63) is 47.8 Å². The van der Waals surface area contributed by atoms with Crippen LogP contribution in [-0.2, 0) is 19.1 Å². The Labute approximate surface area is 167 Å². The summed E-state index contributed by atoms with van der Waals surface area (Å²) < 4.78 is 18.2. The Balaban J connectivity index is 1.47. The summed E-state index contributed by atoms with van der Waals surface area (Å²) in [5.74, 6) is -3.43. The van der Waals surface area contributed by atoms with Crippen LogP contribution < -0.4 is 0 Å². The minimum Gasteiger partial charge on any atom is -0.456 e. The summed E-state index contributed by atoms with van der Waals surface area (Å²) in [5, 5.41) is 0. The molecule has 1 heterocycles. The van der Waals surface area contributed by atoms with Gasteiger partial charge in [0.15, 0.2) is 12.4 Å². The summed E-state index contributed by atoms with van der Waals surface area (Å²) in [4.78, 5) is 52.0. The fourth-order valence-electron chi connectivity index (χ4n) is 4.82. The number of allylic oxidation sites excluding steroid dienone is 2.